The molecule has 0 radical (unpaired) electrons. The van der Waals surface area contributed by atoms with Crippen LogP contribution in [0.15, 0.2) is 24.3 Å². The van der Waals surface area contributed by atoms with Crippen LogP contribution < -0.4 is 16.0 Å². The van der Waals surface area contributed by atoms with Gasteiger partial charge in [0.15, 0.2) is 0 Å². The molecule has 0 aliphatic carbocycles. The molecule has 1 aromatic carbocycles. The van der Waals surface area contributed by atoms with Gasteiger partial charge in [-0.15, -0.1) is 0 Å². The minimum absolute atomic E-state index is 0.212. The van der Waals surface area contributed by atoms with Gasteiger partial charge in [0, 0.05) is 17.9 Å². The molecule has 6 heteroatoms. The number of aliphatic hydroxyl groups is 1. The summed E-state index contributed by atoms with van der Waals surface area (Å²) in [4.78, 5) is 11.3. The lowest BCUT2D eigenvalue weighted by atomic mass is 10.2. The Kier molecular flexibility index (Phi) is 7.32. The fourth-order valence-electron chi connectivity index (χ4n) is 1.37. The molecule has 5 nitrogen and oxygen atoms in total. The molecular weight excluding hydrogens is 264 g/mol. The number of aliphatic hydroxyl groups excluding tert-OH is 1. The number of hydrogen-bond acceptors (Lipinski definition) is 5. The van der Waals surface area contributed by atoms with Crippen molar-refractivity contribution in [3.8, 4) is 5.75 Å². The van der Waals surface area contributed by atoms with Gasteiger partial charge in [0.05, 0.1) is 6.61 Å². The zero-order valence-electron chi connectivity index (χ0n) is 11.0. The van der Waals surface area contributed by atoms with Crippen molar-refractivity contribution in [3.63, 3.8) is 0 Å². The van der Waals surface area contributed by atoms with Gasteiger partial charge in [-0.25, -0.2) is 5.84 Å². The molecule has 1 unspecified atom stereocenters. The van der Waals surface area contributed by atoms with E-state index in [2.05, 4.69) is 5.43 Å². The van der Waals surface area contributed by atoms with E-state index in [9.17, 15) is 4.79 Å². The van der Waals surface area contributed by atoms with E-state index in [1.807, 2.05) is 6.92 Å². The molecule has 1 atom stereocenters. The maximum Gasteiger partial charge on any atom is 0.265 e. The van der Waals surface area contributed by atoms with Crippen LogP contribution in [-0.2, 0) is 0 Å². The van der Waals surface area contributed by atoms with Crippen LogP contribution in [0.25, 0.3) is 0 Å². The molecule has 0 heterocycles. The molecule has 106 valence electrons. The van der Waals surface area contributed by atoms with E-state index in [1.54, 1.807) is 36.0 Å². The number of hydrogen-bond donors (Lipinski definition) is 3. The zero-order valence-corrected chi connectivity index (χ0v) is 11.8. The van der Waals surface area contributed by atoms with Crippen molar-refractivity contribution in [1.29, 1.82) is 0 Å². The number of nitrogen functional groups attached to an aromatic ring is 1. The van der Waals surface area contributed by atoms with Crippen LogP contribution in [0.3, 0.4) is 0 Å². The summed E-state index contributed by atoms with van der Waals surface area (Å²) >= 11 is 1.74. The number of hydrazine groups is 1. The highest BCUT2D eigenvalue weighted by atomic mass is 32.2. The van der Waals surface area contributed by atoms with Crippen molar-refractivity contribution in [1.82, 2.24) is 5.43 Å². The lowest BCUT2D eigenvalue weighted by molar-refractivity contribution is 0.0953. The number of rotatable bonds is 8. The Balaban J connectivity index is 2.31. The maximum absolute atomic E-state index is 11.3. The first-order valence-corrected chi connectivity index (χ1v) is 7.25. The zero-order chi connectivity index (χ0) is 14.1. The number of nitrogens with two attached hydrogens (primary N) is 1. The Morgan fingerprint density at radius 2 is 2.37 bits per heavy atom. The van der Waals surface area contributed by atoms with Crippen LogP contribution in [0, 0.1) is 5.92 Å². The normalized spacial score (nSPS) is 11.9. The number of benzene rings is 1. The van der Waals surface area contributed by atoms with Crippen molar-refractivity contribution >= 4 is 17.7 Å². The lowest BCUT2D eigenvalue weighted by Gasteiger charge is -2.09. The van der Waals surface area contributed by atoms with Crippen molar-refractivity contribution in [2.24, 2.45) is 11.8 Å². The molecule has 19 heavy (non-hydrogen) atoms. The van der Waals surface area contributed by atoms with Gasteiger partial charge in [-0.3, -0.25) is 10.2 Å². The van der Waals surface area contributed by atoms with Gasteiger partial charge in [-0.1, -0.05) is 13.0 Å². The van der Waals surface area contributed by atoms with Gasteiger partial charge in [0.2, 0.25) is 0 Å². The Morgan fingerprint density at radius 1 is 1.58 bits per heavy atom. The molecule has 1 aromatic rings. The molecule has 0 saturated carbocycles. The maximum atomic E-state index is 11.3. The molecular formula is C13H20N2O3S. The Morgan fingerprint density at radius 3 is 3.05 bits per heavy atom. The van der Waals surface area contributed by atoms with Crippen molar-refractivity contribution < 1.29 is 14.6 Å². The van der Waals surface area contributed by atoms with Crippen LogP contribution >= 0.6 is 11.8 Å². The highest BCUT2D eigenvalue weighted by Crippen LogP contribution is 2.14. The first kappa shape index (κ1) is 15.8. The minimum atomic E-state index is -0.336. The molecule has 0 fully saturated rings. The van der Waals surface area contributed by atoms with Crippen LogP contribution in [0.5, 0.6) is 5.75 Å². The highest BCUT2D eigenvalue weighted by molar-refractivity contribution is 7.99. The van der Waals surface area contributed by atoms with Crippen molar-refractivity contribution in [3.05, 3.63) is 29.8 Å². The van der Waals surface area contributed by atoms with E-state index in [1.165, 1.54) is 0 Å². The largest absolute Gasteiger partial charge is 0.493 e. The molecule has 1 rings (SSSR count). The lowest BCUT2D eigenvalue weighted by Crippen LogP contribution is -2.29. The minimum Gasteiger partial charge on any atom is -0.493 e. The molecule has 0 bridgehead atoms. The fourth-order valence-corrected chi connectivity index (χ4v) is 2.24. The summed E-state index contributed by atoms with van der Waals surface area (Å²) in [6.07, 6.45) is 0. The Bertz CT molecular complexity index is 401. The number of nitrogens with one attached hydrogen (secondary N) is 1. The van der Waals surface area contributed by atoms with E-state index in [0.717, 1.165) is 11.5 Å². The van der Waals surface area contributed by atoms with Gasteiger partial charge in [-0.2, -0.15) is 11.8 Å². The molecule has 0 aromatic heterocycles. The number of ether oxygens (including phenoxy) is 1. The van der Waals surface area contributed by atoms with Crippen LogP contribution in [0.4, 0.5) is 0 Å². The summed E-state index contributed by atoms with van der Waals surface area (Å²) in [5.74, 6) is 7.45. The Labute approximate surface area is 117 Å². The SMILES string of the molecule is CC(CO)CSCCOc1cccc(C(=O)NN)c1. The second-order valence-electron chi connectivity index (χ2n) is 4.21. The van der Waals surface area contributed by atoms with Gasteiger partial charge < -0.3 is 9.84 Å². The van der Waals surface area contributed by atoms with E-state index >= 15 is 0 Å². The third kappa shape index (κ3) is 5.96. The van der Waals surface area contributed by atoms with E-state index in [0.29, 0.717) is 23.8 Å². The topological polar surface area (TPSA) is 84.6 Å². The molecule has 4 N–H and O–H groups in total. The van der Waals surface area contributed by atoms with Crippen molar-refractivity contribution in [2.75, 3.05) is 24.7 Å². The second kappa shape index (κ2) is 8.79. The first-order valence-electron chi connectivity index (χ1n) is 6.09. The van der Waals surface area contributed by atoms with Gasteiger partial charge in [0.25, 0.3) is 5.91 Å². The summed E-state index contributed by atoms with van der Waals surface area (Å²) in [5, 5.41) is 8.88. The highest BCUT2D eigenvalue weighted by Gasteiger charge is 2.04. The van der Waals surface area contributed by atoms with Crippen LogP contribution in [0.1, 0.15) is 17.3 Å². The third-order valence-electron chi connectivity index (χ3n) is 2.44. The number of amides is 1. The average molecular weight is 284 g/mol. The number of thioether (sulfide) groups is 1. The molecule has 0 aliphatic rings. The summed E-state index contributed by atoms with van der Waals surface area (Å²) in [5.41, 5.74) is 2.56. The number of carbonyl (C=O) groups excluding carboxylic acids is 1. The smallest absolute Gasteiger partial charge is 0.265 e. The van der Waals surface area contributed by atoms with Gasteiger partial charge in [0.1, 0.15) is 5.75 Å². The van der Waals surface area contributed by atoms with E-state index in [4.69, 9.17) is 15.7 Å². The third-order valence-corrected chi connectivity index (χ3v) is 3.70. The molecule has 0 spiro atoms. The molecule has 0 aliphatic heterocycles. The fraction of sp³-hybridized carbons (Fsp3) is 0.462. The first-order chi connectivity index (χ1) is 9.17. The quantitative estimate of drug-likeness (QED) is 0.287. The monoisotopic (exact) mass is 284 g/mol. The summed E-state index contributed by atoms with van der Waals surface area (Å²) in [6.45, 7) is 2.78. The van der Waals surface area contributed by atoms with Crippen LogP contribution in [0.2, 0.25) is 0 Å². The summed E-state index contributed by atoms with van der Waals surface area (Å²) in [6, 6.07) is 6.88. The van der Waals surface area contributed by atoms with Crippen LogP contribution in [-0.4, -0.2) is 35.7 Å². The second-order valence-corrected chi connectivity index (χ2v) is 5.36. The summed E-state index contributed by atoms with van der Waals surface area (Å²) in [7, 11) is 0. The standard InChI is InChI=1S/C13H20N2O3S/c1-10(8-16)9-19-6-5-18-12-4-2-3-11(7-12)13(17)15-14/h2-4,7,10,16H,5-6,8-9,14H2,1H3,(H,15,17). The van der Waals surface area contributed by atoms with Crippen molar-refractivity contribution in [2.45, 2.75) is 6.92 Å². The van der Waals surface area contributed by atoms with E-state index < -0.39 is 0 Å². The molecule has 0 saturated heterocycles. The van der Waals surface area contributed by atoms with E-state index in [-0.39, 0.29) is 12.5 Å². The predicted molar refractivity (Wildman–Crippen MR) is 77.2 cm³/mol. The summed E-state index contributed by atoms with van der Waals surface area (Å²) < 4.78 is 5.55. The predicted octanol–water partition coefficient (Wildman–Crippen LogP) is 1.03. The number of carbonyl (C=O) groups is 1. The van der Waals surface area contributed by atoms with Gasteiger partial charge >= 0.3 is 0 Å². The van der Waals surface area contributed by atoms with Gasteiger partial charge in [-0.05, 0) is 29.9 Å². The average Bonchev–Trinajstić information content (AvgIpc) is 2.46. The molecule has 1 amide bonds. The Hall–Kier alpha value is -1.24.